The highest BCUT2D eigenvalue weighted by Crippen LogP contribution is 2.28. The number of piperazine rings is 1. The summed E-state index contributed by atoms with van der Waals surface area (Å²) >= 11 is 0. The van der Waals surface area contributed by atoms with Crippen molar-refractivity contribution in [3.05, 3.63) is 34.9 Å². The minimum atomic E-state index is -1.19. The highest BCUT2D eigenvalue weighted by molar-refractivity contribution is 6.24. The molecular formula is C18H21N3O6. The van der Waals surface area contributed by atoms with Crippen LogP contribution in [0.4, 0.5) is 0 Å². The van der Waals surface area contributed by atoms with Crippen LogP contribution in [0.2, 0.25) is 0 Å². The third-order valence-electron chi connectivity index (χ3n) is 4.42. The van der Waals surface area contributed by atoms with Crippen molar-refractivity contribution in [2.75, 3.05) is 33.5 Å². The molecule has 0 saturated carbocycles. The number of ether oxygens (including phenoxy) is 2. The fourth-order valence-corrected chi connectivity index (χ4v) is 3.17. The second kappa shape index (κ2) is 8.38. The van der Waals surface area contributed by atoms with Crippen LogP contribution in [-0.2, 0) is 25.5 Å². The Morgan fingerprint density at radius 2 is 1.93 bits per heavy atom. The number of aryl methyl sites for hydroxylation is 1. The molecular weight excluding hydrogens is 354 g/mol. The molecule has 3 rings (SSSR count). The molecule has 2 N–H and O–H groups in total. The normalized spacial score (nSPS) is 19.4. The second-order valence-corrected chi connectivity index (χ2v) is 6.22. The Morgan fingerprint density at radius 1 is 1.11 bits per heavy atom. The third kappa shape index (κ3) is 3.90. The number of imide groups is 2. The van der Waals surface area contributed by atoms with Gasteiger partial charge in [0.15, 0.2) is 6.17 Å². The van der Waals surface area contributed by atoms with E-state index in [-0.39, 0.29) is 12.1 Å². The molecule has 0 aliphatic carbocycles. The van der Waals surface area contributed by atoms with Crippen molar-refractivity contribution >= 4 is 23.6 Å². The van der Waals surface area contributed by atoms with E-state index in [2.05, 4.69) is 10.6 Å². The Hall–Kier alpha value is -2.62. The van der Waals surface area contributed by atoms with Gasteiger partial charge in [0.25, 0.3) is 17.7 Å². The quantitative estimate of drug-likeness (QED) is 0.463. The van der Waals surface area contributed by atoms with Gasteiger partial charge in [-0.25, -0.2) is 4.90 Å². The molecule has 0 spiro atoms. The van der Waals surface area contributed by atoms with E-state index in [1.54, 1.807) is 25.3 Å². The molecule has 1 fully saturated rings. The molecule has 1 atom stereocenters. The molecule has 0 aromatic heterocycles. The smallest absolute Gasteiger partial charge is 0.264 e. The SMILES string of the molecule is COCCOCCCc1cccc2c1C(=O)N(C1NCC(=O)NC1=O)C2=O. The van der Waals surface area contributed by atoms with E-state index in [1.165, 1.54) is 0 Å². The van der Waals surface area contributed by atoms with Crippen molar-refractivity contribution in [1.29, 1.82) is 0 Å². The Morgan fingerprint density at radius 3 is 2.67 bits per heavy atom. The zero-order chi connectivity index (χ0) is 19.4. The Labute approximate surface area is 156 Å². The summed E-state index contributed by atoms with van der Waals surface area (Å²) in [6.07, 6.45) is 0.0460. The maximum Gasteiger partial charge on any atom is 0.264 e. The number of nitrogens with zero attached hydrogens (tertiary/aromatic N) is 1. The molecule has 2 aliphatic heterocycles. The molecule has 1 aromatic carbocycles. The number of nitrogens with one attached hydrogen (secondary N) is 2. The van der Waals surface area contributed by atoms with Gasteiger partial charge in [0, 0.05) is 13.7 Å². The average Bonchev–Trinajstić information content (AvgIpc) is 2.90. The molecule has 9 nitrogen and oxygen atoms in total. The molecule has 144 valence electrons. The first-order valence-corrected chi connectivity index (χ1v) is 8.68. The van der Waals surface area contributed by atoms with Crippen LogP contribution in [0.5, 0.6) is 0 Å². The van der Waals surface area contributed by atoms with E-state index in [0.29, 0.717) is 38.2 Å². The van der Waals surface area contributed by atoms with Crippen molar-refractivity contribution in [3.63, 3.8) is 0 Å². The molecule has 9 heteroatoms. The third-order valence-corrected chi connectivity index (χ3v) is 4.42. The first-order chi connectivity index (χ1) is 13.0. The maximum atomic E-state index is 12.9. The lowest BCUT2D eigenvalue weighted by molar-refractivity contribution is -0.136. The standard InChI is InChI=1S/C18H21N3O6/c1-26-8-9-27-7-3-5-11-4-2-6-12-14(11)18(25)21(17(12)24)15-16(23)20-13(22)10-19-15/h2,4,6,15,19H,3,5,7-10H2,1H3,(H,20,22,23). The van der Waals surface area contributed by atoms with E-state index in [1.807, 2.05) is 0 Å². The van der Waals surface area contributed by atoms with E-state index >= 15 is 0 Å². The summed E-state index contributed by atoms with van der Waals surface area (Å²) in [5.41, 5.74) is 1.31. The summed E-state index contributed by atoms with van der Waals surface area (Å²) in [4.78, 5) is 49.8. The molecule has 27 heavy (non-hydrogen) atoms. The molecule has 2 heterocycles. The van der Waals surface area contributed by atoms with E-state index in [9.17, 15) is 19.2 Å². The molecule has 1 saturated heterocycles. The Balaban J connectivity index is 1.72. The largest absolute Gasteiger partial charge is 0.382 e. The first kappa shape index (κ1) is 19.2. The topological polar surface area (TPSA) is 114 Å². The zero-order valence-electron chi connectivity index (χ0n) is 14.9. The van der Waals surface area contributed by atoms with Gasteiger partial charge in [0.05, 0.1) is 30.9 Å². The number of amides is 4. The summed E-state index contributed by atoms with van der Waals surface area (Å²) in [7, 11) is 1.60. The Kier molecular flexibility index (Phi) is 5.94. The van der Waals surface area contributed by atoms with Crippen molar-refractivity contribution in [3.8, 4) is 0 Å². The number of hydrogen-bond donors (Lipinski definition) is 2. The van der Waals surface area contributed by atoms with Gasteiger partial charge in [-0.15, -0.1) is 0 Å². The van der Waals surface area contributed by atoms with E-state index in [0.717, 1.165) is 10.5 Å². The Bertz CT molecular complexity index is 778. The molecule has 4 amide bonds. The van der Waals surface area contributed by atoms with Crippen LogP contribution in [0.3, 0.4) is 0 Å². The summed E-state index contributed by atoms with van der Waals surface area (Å²) in [6, 6.07) is 5.08. The lowest BCUT2D eigenvalue weighted by Gasteiger charge is -2.28. The fourth-order valence-electron chi connectivity index (χ4n) is 3.17. The van der Waals surface area contributed by atoms with Crippen molar-refractivity contribution < 1.29 is 28.7 Å². The lowest BCUT2D eigenvalue weighted by Crippen LogP contribution is -2.64. The number of carbonyl (C=O) groups excluding carboxylic acids is 4. The lowest BCUT2D eigenvalue weighted by atomic mass is 9.99. The molecule has 0 radical (unpaired) electrons. The van der Waals surface area contributed by atoms with Crippen LogP contribution >= 0.6 is 0 Å². The van der Waals surface area contributed by atoms with E-state index < -0.39 is 29.8 Å². The van der Waals surface area contributed by atoms with Crippen molar-refractivity contribution in [2.24, 2.45) is 0 Å². The second-order valence-electron chi connectivity index (χ2n) is 6.22. The van der Waals surface area contributed by atoms with Crippen LogP contribution in [0.15, 0.2) is 18.2 Å². The van der Waals surface area contributed by atoms with Crippen LogP contribution in [-0.4, -0.2) is 68.2 Å². The maximum absolute atomic E-state index is 12.9. The van der Waals surface area contributed by atoms with Crippen LogP contribution in [0, 0.1) is 0 Å². The van der Waals surface area contributed by atoms with Gasteiger partial charge in [0.2, 0.25) is 5.91 Å². The predicted octanol–water partition coefficient (Wildman–Crippen LogP) is -0.550. The van der Waals surface area contributed by atoms with Crippen LogP contribution in [0.25, 0.3) is 0 Å². The number of fused-ring (bicyclic) bond motifs is 1. The summed E-state index contributed by atoms with van der Waals surface area (Å²) in [6.45, 7) is 1.38. The van der Waals surface area contributed by atoms with Crippen LogP contribution < -0.4 is 10.6 Å². The number of hydrogen-bond acceptors (Lipinski definition) is 7. The van der Waals surface area contributed by atoms with Crippen molar-refractivity contribution in [2.45, 2.75) is 19.0 Å². The van der Waals surface area contributed by atoms with Gasteiger partial charge >= 0.3 is 0 Å². The summed E-state index contributed by atoms with van der Waals surface area (Å²) < 4.78 is 10.3. The molecule has 2 aliphatic rings. The molecule has 0 bridgehead atoms. The van der Waals surface area contributed by atoms with Crippen LogP contribution in [0.1, 0.15) is 32.7 Å². The minimum absolute atomic E-state index is 0.143. The number of benzene rings is 1. The highest BCUT2D eigenvalue weighted by Gasteiger charge is 2.45. The highest BCUT2D eigenvalue weighted by atomic mass is 16.5. The van der Waals surface area contributed by atoms with Gasteiger partial charge < -0.3 is 9.47 Å². The monoisotopic (exact) mass is 375 g/mol. The zero-order valence-corrected chi connectivity index (χ0v) is 14.9. The minimum Gasteiger partial charge on any atom is -0.382 e. The fraction of sp³-hybridized carbons (Fsp3) is 0.444. The molecule has 1 aromatic rings. The molecule has 1 unspecified atom stereocenters. The average molecular weight is 375 g/mol. The van der Waals surface area contributed by atoms with Crippen molar-refractivity contribution in [1.82, 2.24) is 15.5 Å². The van der Waals surface area contributed by atoms with Gasteiger partial charge in [-0.3, -0.25) is 29.8 Å². The summed E-state index contributed by atoms with van der Waals surface area (Å²) in [5, 5.41) is 4.77. The van der Waals surface area contributed by atoms with Gasteiger partial charge in [0.1, 0.15) is 0 Å². The van der Waals surface area contributed by atoms with Gasteiger partial charge in [-0.05, 0) is 24.5 Å². The number of rotatable bonds is 8. The van der Waals surface area contributed by atoms with Gasteiger partial charge in [-0.1, -0.05) is 12.1 Å². The first-order valence-electron chi connectivity index (χ1n) is 8.68. The van der Waals surface area contributed by atoms with Gasteiger partial charge in [-0.2, -0.15) is 0 Å². The number of methoxy groups -OCH3 is 1. The number of carbonyl (C=O) groups is 4. The summed E-state index contributed by atoms with van der Waals surface area (Å²) in [5.74, 6) is -2.29. The predicted molar refractivity (Wildman–Crippen MR) is 92.9 cm³/mol. The van der Waals surface area contributed by atoms with E-state index in [4.69, 9.17) is 9.47 Å².